The molecule has 0 aromatic heterocycles. The van der Waals surface area contributed by atoms with Crippen LogP contribution in [0.1, 0.15) is 6.92 Å². The van der Waals surface area contributed by atoms with Gasteiger partial charge in [-0.3, -0.25) is 9.59 Å². The number of hydrogen-bond acceptors (Lipinski definition) is 3. The predicted molar refractivity (Wildman–Crippen MR) is 68.6 cm³/mol. The molecule has 0 aliphatic heterocycles. The lowest BCUT2D eigenvalue weighted by Gasteiger charge is -2.07. The monoisotopic (exact) mass is 270 g/mol. The molecular formula is C12H15ClN2O3. The van der Waals surface area contributed by atoms with Crippen LogP contribution in [-0.4, -0.2) is 31.5 Å². The fourth-order valence-corrected chi connectivity index (χ4v) is 1.30. The summed E-state index contributed by atoms with van der Waals surface area (Å²) in [5, 5.41) is 5.80. The van der Waals surface area contributed by atoms with E-state index in [-0.39, 0.29) is 18.4 Å². The molecule has 6 heteroatoms. The van der Waals surface area contributed by atoms with Crippen molar-refractivity contribution < 1.29 is 14.3 Å². The van der Waals surface area contributed by atoms with Crippen molar-refractivity contribution in [2.45, 2.75) is 6.92 Å². The van der Waals surface area contributed by atoms with Crippen LogP contribution < -0.4 is 15.4 Å². The zero-order valence-corrected chi connectivity index (χ0v) is 10.8. The molecule has 1 aromatic rings. The second-order valence-electron chi connectivity index (χ2n) is 3.58. The molecule has 0 saturated heterocycles. The van der Waals surface area contributed by atoms with Crippen molar-refractivity contribution in [2.24, 2.45) is 0 Å². The van der Waals surface area contributed by atoms with E-state index in [1.165, 1.54) is 6.92 Å². The fraction of sp³-hybridized carbons (Fsp3) is 0.333. The first-order chi connectivity index (χ1) is 8.58. The smallest absolute Gasteiger partial charge is 0.258 e. The van der Waals surface area contributed by atoms with E-state index in [9.17, 15) is 9.59 Å². The maximum absolute atomic E-state index is 11.4. The molecule has 0 aliphatic rings. The lowest BCUT2D eigenvalue weighted by Crippen LogP contribution is -2.36. The number of amides is 2. The van der Waals surface area contributed by atoms with Crippen LogP contribution in [0.15, 0.2) is 24.3 Å². The summed E-state index contributed by atoms with van der Waals surface area (Å²) in [6, 6.07) is 6.75. The molecule has 0 bridgehead atoms. The Labute approximate surface area is 110 Å². The Hall–Kier alpha value is -1.75. The number of halogens is 1. The van der Waals surface area contributed by atoms with Crippen molar-refractivity contribution in [3.8, 4) is 5.75 Å². The Morgan fingerprint density at radius 1 is 1.17 bits per heavy atom. The Balaban J connectivity index is 2.17. The molecule has 1 aromatic carbocycles. The van der Waals surface area contributed by atoms with Gasteiger partial charge in [0.2, 0.25) is 5.91 Å². The average Bonchev–Trinajstić information content (AvgIpc) is 2.34. The molecule has 2 amide bonds. The van der Waals surface area contributed by atoms with Gasteiger partial charge in [0.15, 0.2) is 6.61 Å². The van der Waals surface area contributed by atoms with Gasteiger partial charge in [0.1, 0.15) is 5.75 Å². The molecule has 0 spiro atoms. The summed E-state index contributed by atoms with van der Waals surface area (Å²) in [6.45, 7) is 2.14. The number of nitrogens with one attached hydrogen (secondary N) is 2. The molecule has 1 rings (SSSR count). The number of benzene rings is 1. The van der Waals surface area contributed by atoms with Gasteiger partial charge in [0, 0.05) is 25.0 Å². The molecule has 98 valence electrons. The molecule has 0 fully saturated rings. The molecule has 0 unspecified atom stereocenters. The molecular weight excluding hydrogens is 256 g/mol. The number of ether oxygens (including phenoxy) is 1. The maximum Gasteiger partial charge on any atom is 0.258 e. The van der Waals surface area contributed by atoms with E-state index in [4.69, 9.17) is 16.3 Å². The van der Waals surface area contributed by atoms with Gasteiger partial charge in [-0.2, -0.15) is 0 Å². The Morgan fingerprint density at radius 3 is 2.39 bits per heavy atom. The van der Waals surface area contributed by atoms with Gasteiger partial charge in [0.05, 0.1) is 0 Å². The lowest BCUT2D eigenvalue weighted by molar-refractivity contribution is -0.123. The van der Waals surface area contributed by atoms with Crippen LogP contribution in [0.4, 0.5) is 0 Å². The molecule has 18 heavy (non-hydrogen) atoms. The van der Waals surface area contributed by atoms with Crippen molar-refractivity contribution in [3.05, 3.63) is 29.3 Å². The third kappa shape index (κ3) is 6.10. The van der Waals surface area contributed by atoms with E-state index in [1.54, 1.807) is 24.3 Å². The van der Waals surface area contributed by atoms with Crippen molar-refractivity contribution in [2.75, 3.05) is 19.7 Å². The maximum atomic E-state index is 11.4. The van der Waals surface area contributed by atoms with Gasteiger partial charge in [-0.05, 0) is 24.3 Å². The van der Waals surface area contributed by atoms with Crippen molar-refractivity contribution >= 4 is 23.4 Å². The number of hydrogen-bond donors (Lipinski definition) is 2. The average molecular weight is 271 g/mol. The molecule has 0 radical (unpaired) electrons. The summed E-state index contributed by atoms with van der Waals surface area (Å²) >= 11 is 5.72. The van der Waals surface area contributed by atoms with Crippen LogP contribution in [0.3, 0.4) is 0 Å². The summed E-state index contributed by atoms with van der Waals surface area (Å²) in [7, 11) is 0. The normalized spacial score (nSPS) is 9.67. The van der Waals surface area contributed by atoms with Crippen molar-refractivity contribution in [1.82, 2.24) is 10.6 Å². The standard InChI is InChI=1S/C12H15ClN2O3/c1-9(16)14-6-7-15-12(17)8-18-11-4-2-10(13)3-5-11/h2-5H,6-8H2,1H3,(H,14,16)(H,15,17). The SMILES string of the molecule is CC(=O)NCCNC(=O)COc1ccc(Cl)cc1. The summed E-state index contributed by atoms with van der Waals surface area (Å²) in [6.07, 6.45) is 0. The van der Waals surface area contributed by atoms with Gasteiger partial charge in [0.25, 0.3) is 5.91 Å². The third-order valence-electron chi connectivity index (χ3n) is 2.00. The van der Waals surface area contributed by atoms with Crippen LogP contribution in [0, 0.1) is 0 Å². The second kappa shape index (κ2) is 7.55. The summed E-state index contributed by atoms with van der Waals surface area (Å²) < 4.78 is 5.24. The highest BCUT2D eigenvalue weighted by atomic mass is 35.5. The van der Waals surface area contributed by atoms with Crippen LogP contribution >= 0.6 is 11.6 Å². The summed E-state index contributed by atoms with van der Waals surface area (Å²) in [5.74, 6) is 0.216. The zero-order valence-electron chi connectivity index (χ0n) is 10.0. The minimum absolute atomic E-state index is 0.0678. The van der Waals surface area contributed by atoms with Crippen LogP contribution in [0.2, 0.25) is 5.02 Å². The second-order valence-corrected chi connectivity index (χ2v) is 4.01. The first kappa shape index (κ1) is 14.3. The number of carbonyl (C=O) groups excluding carboxylic acids is 2. The van der Waals surface area contributed by atoms with Crippen LogP contribution in [0.25, 0.3) is 0 Å². The zero-order chi connectivity index (χ0) is 13.4. The quantitative estimate of drug-likeness (QED) is 0.757. The molecule has 0 saturated carbocycles. The van der Waals surface area contributed by atoms with E-state index in [2.05, 4.69) is 10.6 Å². The van der Waals surface area contributed by atoms with Gasteiger partial charge in [-0.25, -0.2) is 0 Å². The Morgan fingerprint density at radius 2 is 1.78 bits per heavy atom. The van der Waals surface area contributed by atoms with E-state index >= 15 is 0 Å². The van der Waals surface area contributed by atoms with E-state index in [1.807, 2.05) is 0 Å². The third-order valence-corrected chi connectivity index (χ3v) is 2.26. The van der Waals surface area contributed by atoms with E-state index in [0.717, 1.165) is 0 Å². The summed E-state index contributed by atoms with van der Waals surface area (Å²) in [4.78, 5) is 21.9. The molecule has 0 atom stereocenters. The first-order valence-corrected chi connectivity index (χ1v) is 5.85. The number of carbonyl (C=O) groups is 2. The Kier molecular flexibility index (Phi) is 6.00. The van der Waals surface area contributed by atoms with Gasteiger partial charge in [-0.1, -0.05) is 11.6 Å². The van der Waals surface area contributed by atoms with Crippen LogP contribution in [0.5, 0.6) is 5.75 Å². The molecule has 2 N–H and O–H groups in total. The Bertz CT molecular complexity index is 406. The highest BCUT2D eigenvalue weighted by Crippen LogP contribution is 2.15. The minimum Gasteiger partial charge on any atom is -0.484 e. The fourth-order valence-electron chi connectivity index (χ4n) is 1.17. The lowest BCUT2D eigenvalue weighted by atomic mass is 10.3. The predicted octanol–water partition coefficient (Wildman–Crippen LogP) is 0.971. The molecule has 5 nitrogen and oxygen atoms in total. The van der Waals surface area contributed by atoms with Crippen molar-refractivity contribution in [1.29, 1.82) is 0 Å². The van der Waals surface area contributed by atoms with E-state index < -0.39 is 0 Å². The highest BCUT2D eigenvalue weighted by Gasteiger charge is 2.02. The molecule has 0 heterocycles. The van der Waals surface area contributed by atoms with Gasteiger partial charge in [-0.15, -0.1) is 0 Å². The van der Waals surface area contributed by atoms with Crippen molar-refractivity contribution in [3.63, 3.8) is 0 Å². The highest BCUT2D eigenvalue weighted by molar-refractivity contribution is 6.30. The topological polar surface area (TPSA) is 67.4 Å². The van der Waals surface area contributed by atoms with E-state index in [0.29, 0.717) is 23.9 Å². The molecule has 0 aliphatic carbocycles. The first-order valence-electron chi connectivity index (χ1n) is 5.47. The largest absolute Gasteiger partial charge is 0.484 e. The number of rotatable bonds is 6. The minimum atomic E-state index is -0.240. The summed E-state index contributed by atoms with van der Waals surface area (Å²) in [5.41, 5.74) is 0. The van der Waals surface area contributed by atoms with Gasteiger partial charge < -0.3 is 15.4 Å². The van der Waals surface area contributed by atoms with Gasteiger partial charge >= 0.3 is 0 Å². The van der Waals surface area contributed by atoms with Crippen LogP contribution in [-0.2, 0) is 9.59 Å².